The molecule has 13 heavy (non-hydrogen) atoms. The summed E-state index contributed by atoms with van der Waals surface area (Å²) in [7, 11) is 0. The lowest BCUT2D eigenvalue weighted by Gasteiger charge is -1.94. The third-order valence-electron chi connectivity index (χ3n) is 1.78. The van der Waals surface area contributed by atoms with Crippen molar-refractivity contribution in [3.8, 4) is 11.5 Å². The van der Waals surface area contributed by atoms with Crippen LogP contribution in [0, 0.1) is 13.8 Å². The fraction of sp³-hybridized carbons (Fsp3) is 0.200. The number of pyridine rings is 1. The van der Waals surface area contributed by atoms with E-state index in [-0.39, 0.29) is 0 Å². The highest BCUT2D eigenvalue weighted by Crippen LogP contribution is 2.17. The van der Waals surface area contributed by atoms with Gasteiger partial charge in [0.25, 0.3) is 0 Å². The minimum absolute atomic E-state index is 0.630. The molecule has 0 amide bonds. The molecule has 0 atom stereocenters. The Balaban J connectivity index is 2.41. The van der Waals surface area contributed by atoms with Crippen LogP contribution in [0.3, 0.4) is 0 Å². The van der Waals surface area contributed by atoms with E-state index in [1.54, 1.807) is 12.4 Å². The van der Waals surface area contributed by atoms with Crippen molar-refractivity contribution in [1.82, 2.24) is 9.97 Å². The molecule has 0 saturated heterocycles. The molecular formula is C10H10N2O. The van der Waals surface area contributed by atoms with Gasteiger partial charge in [0.2, 0.25) is 5.89 Å². The first-order valence-electron chi connectivity index (χ1n) is 4.11. The van der Waals surface area contributed by atoms with Crippen LogP contribution >= 0.6 is 0 Å². The van der Waals surface area contributed by atoms with Gasteiger partial charge in [0.1, 0.15) is 5.76 Å². The zero-order valence-electron chi connectivity index (χ0n) is 7.61. The van der Waals surface area contributed by atoms with Crippen LogP contribution in [0.15, 0.2) is 28.9 Å². The van der Waals surface area contributed by atoms with Crippen LogP contribution in [0.25, 0.3) is 11.5 Å². The molecule has 2 rings (SSSR count). The molecule has 0 unspecified atom stereocenters. The van der Waals surface area contributed by atoms with Crippen LogP contribution in [0.2, 0.25) is 0 Å². The van der Waals surface area contributed by atoms with Gasteiger partial charge in [-0.3, -0.25) is 4.98 Å². The number of nitrogens with zero attached hydrogens (tertiary/aromatic N) is 2. The Morgan fingerprint density at radius 3 is 2.46 bits per heavy atom. The summed E-state index contributed by atoms with van der Waals surface area (Å²) in [6.07, 6.45) is 3.47. The summed E-state index contributed by atoms with van der Waals surface area (Å²) >= 11 is 0. The van der Waals surface area contributed by atoms with Crippen molar-refractivity contribution in [3.63, 3.8) is 0 Å². The van der Waals surface area contributed by atoms with Crippen molar-refractivity contribution in [2.75, 3.05) is 0 Å². The largest absolute Gasteiger partial charge is 0.441 e. The van der Waals surface area contributed by atoms with Crippen molar-refractivity contribution in [2.24, 2.45) is 0 Å². The molecule has 0 saturated carbocycles. The molecule has 0 bridgehead atoms. The lowest BCUT2D eigenvalue weighted by molar-refractivity contribution is 0.542. The van der Waals surface area contributed by atoms with Gasteiger partial charge >= 0.3 is 0 Å². The third kappa shape index (κ3) is 1.59. The smallest absolute Gasteiger partial charge is 0.227 e. The molecule has 66 valence electrons. The first-order valence-corrected chi connectivity index (χ1v) is 4.11. The van der Waals surface area contributed by atoms with Crippen LogP contribution in [0.4, 0.5) is 0 Å². The average molecular weight is 174 g/mol. The van der Waals surface area contributed by atoms with Crippen molar-refractivity contribution >= 4 is 0 Å². The summed E-state index contributed by atoms with van der Waals surface area (Å²) < 4.78 is 5.36. The van der Waals surface area contributed by atoms with Crippen LogP contribution < -0.4 is 0 Å². The molecular weight excluding hydrogens is 164 g/mol. The van der Waals surface area contributed by atoms with E-state index in [4.69, 9.17) is 4.42 Å². The van der Waals surface area contributed by atoms with Gasteiger partial charge < -0.3 is 4.42 Å². The van der Waals surface area contributed by atoms with E-state index in [1.165, 1.54) is 0 Å². The number of oxazole rings is 1. The molecule has 3 heteroatoms. The summed E-state index contributed by atoms with van der Waals surface area (Å²) in [5.74, 6) is 1.44. The zero-order valence-corrected chi connectivity index (χ0v) is 7.61. The monoisotopic (exact) mass is 174 g/mol. The van der Waals surface area contributed by atoms with Gasteiger partial charge in [-0.25, -0.2) is 4.98 Å². The minimum atomic E-state index is 0.630. The number of aryl methyl sites for hydroxylation is 2. The average Bonchev–Trinajstić information content (AvgIpc) is 2.53. The molecule has 3 nitrogen and oxygen atoms in total. The van der Waals surface area contributed by atoms with Gasteiger partial charge in [-0.2, -0.15) is 0 Å². The summed E-state index contributed by atoms with van der Waals surface area (Å²) in [6.45, 7) is 3.82. The number of aromatic nitrogens is 2. The quantitative estimate of drug-likeness (QED) is 0.666. The van der Waals surface area contributed by atoms with Crippen LogP contribution in [0.1, 0.15) is 11.5 Å². The highest BCUT2D eigenvalue weighted by Gasteiger charge is 2.03. The second-order valence-electron chi connectivity index (χ2n) is 2.96. The Kier molecular flexibility index (Phi) is 1.85. The fourth-order valence-electron chi connectivity index (χ4n) is 1.08. The Labute approximate surface area is 76.5 Å². The maximum atomic E-state index is 5.36. The van der Waals surface area contributed by atoms with E-state index in [9.17, 15) is 0 Å². The molecule has 0 radical (unpaired) electrons. The lowest BCUT2D eigenvalue weighted by Crippen LogP contribution is -1.81. The van der Waals surface area contributed by atoms with E-state index >= 15 is 0 Å². The second kappa shape index (κ2) is 3.01. The number of hydrogen-bond acceptors (Lipinski definition) is 3. The van der Waals surface area contributed by atoms with Gasteiger partial charge in [0.15, 0.2) is 0 Å². The molecule has 0 N–H and O–H groups in total. The van der Waals surface area contributed by atoms with Crippen molar-refractivity contribution in [1.29, 1.82) is 0 Å². The molecule has 0 aliphatic carbocycles. The fourth-order valence-corrected chi connectivity index (χ4v) is 1.08. The third-order valence-corrected chi connectivity index (χ3v) is 1.78. The molecule has 2 aromatic rings. The van der Waals surface area contributed by atoms with Crippen LogP contribution in [-0.2, 0) is 0 Å². The van der Waals surface area contributed by atoms with Gasteiger partial charge in [-0.1, -0.05) is 0 Å². The Morgan fingerprint density at radius 1 is 1.08 bits per heavy atom. The summed E-state index contributed by atoms with van der Waals surface area (Å²) in [5.41, 5.74) is 1.91. The van der Waals surface area contributed by atoms with E-state index in [0.29, 0.717) is 5.89 Å². The maximum absolute atomic E-state index is 5.36. The maximum Gasteiger partial charge on any atom is 0.227 e. The van der Waals surface area contributed by atoms with E-state index in [2.05, 4.69) is 9.97 Å². The van der Waals surface area contributed by atoms with Gasteiger partial charge in [0.05, 0.1) is 11.8 Å². The topological polar surface area (TPSA) is 38.9 Å². The summed E-state index contributed by atoms with van der Waals surface area (Å²) in [5, 5.41) is 0. The van der Waals surface area contributed by atoms with Crippen LogP contribution in [0.5, 0.6) is 0 Å². The Hall–Kier alpha value is -1.64. The molecule has 0 spiro atoms. The van der Waals surface area contributed by atoms with Gasteiger partial charge in [-0.15, -0.1) is 0 Å². The van der Waals surface area contributed by atoms with E-state index in [0.717, 1.165) is 17.0 Å². The van der Waals surface area contributed by atoms with Crippen molar-refractivity contribution in [2.45, 2.75) is 13.8 Å². The standard InChI is InChI=1S/C10H10N2O/c1-7-3-4-9(6-11-7)10-12-5-8(2)13-10/h3-6H,1-2H3. The van der Waals surface area contributed by atoms with Gasteiger partial charge in [0, 0.05) is 11.9 Å². The first-order chi connectivity index (χ1) is 6.25. The predicted octanol–water partition coefficient (Wildman–Crippen LogP) is 2.35. The molecule has 2 aromatic heterocycles. The predicted molar refractivity (Wildman–Crippen MR) is 49.2 cm³/mol. The van der Waals surface area contributed by atoms with E-state index in [1.807, 2.05) is 26.0 Å². The minimum Gasteiger partial charge on any atom is -0.441 e. The summed E-state index contributed by atoms with van der Waals surface area (Å²) in [6, 6.07) is 3.89. The number of hydrogen-bond donors (Lipinski definition) is 0. The second-order valence-corrected chi connectivity index (χ2v) is 2.96. The highest BCUT2D eigenvalue weighted by molar-refractivity contribution is 5.51. The first kappa shape index (κ1) is 7.98. The SMILES string of the molecule is Cc1ccc(-c2ncc(C)o2)cn1. The summed E-state index contributed by atoms with van der Waals surface area (Å²) in [4.78, 5) is 8.27. The van der Waals surface area contributed by atoms with Crippen molar-refractivity contribution < 1.29 is 4.42 Å². The molecule has 0 aromatic carbocycles. The van der Waals surface area contributed by atoms with Crippen molar-refractivity contribution in [3.05, 3.63) is 36.0 Å². The van der Waals surface area contributed by atoms with Gasteiger partial charge in [-0.05, 0) is 26.0 Å². The van der Waals surface area contributed by atoms with E-state index < -0.39 is 0 Å². The van der Waals surface area contributed by atoms with Crippen LogP contribution in [-0.4, -0.2) is 9.97 Å². The number of rotatable bonds is 1. The Morgan fingerprint density at radius 2 is 1.92 bits per heavy atom. The molecule has 0 aliphatic heterocycles. The zero-order chi connectivity index (χ0) is 9.26. The molecule has 2 heterocycles. The highest BCUT2D eigenvalue weighted by atomic mass is 16.4. The normalized spacial score (nSPS) is 10.3. The lowest BCUT2D eigenvalue weighted by atomic mass is 10.2. The molecule has 0 aliphatic rings. The Bertz CT molecular complexity index is 403. The molecule has 0 fully saturated rings.